The van der Waals surface area contributed by atoms with E-state index in [1.54, 1.807) is 0 Å². The number of hydrogen-bond acceptors (Lipinski definition) is 3. The predicted molar refractivity (Wildman–Crippen MR) is 76.4 cm³/mol. The lowest BCUT2D eigenvalue weighted by Gasteiger charge is -2.44. The van der Waals surface area contributed by atoms with Crippen LogP contribution >= 0.6 is 11.6 Å². The van der Waals surface area contributed by atoms with Gasteiger partial charge in [0, 0.05) is 28.6 Å². The maximum Gasteiger partial charge on any atom is 0.164 e. The molecule has 1 saturated carbocycles. The minimum absolute atomic E-state index is 0.0538. The largest absolute Gasteiger partial charge is 0.486 e. The third-order valence-electron chi connectivity index (χ3n) is 4.47. The van der Waals surface area contributed by atoms with Crippen molar-refractivity contribution in [2.45, 2.75) is 38.0 Å². The standard InChI is InChI=1S/C15H20ClNO2/c1-2-10-13(15(9-17)4-3-5-15)11(16)8-12-14(10)19-7-6-18-12/h8H,2-7,9,17H2,1H3. The van der Waals surface area contributed by atoms with Gasteiger partial charge in [-0.1, -0.05) is 24.9 Å². The molecular formula is C15H20ClNO2. The van der Waals surface area contributed by atoms with E-state index in [1.807, 2.05) is 6.07 Å². The van der Waals surface area contributed by atoms with Gasteiger partial charge in [0.2, 0.25) is 0 Å². The van der Waals surface area contributed by atoms with Gasteiger partial charge >= 0.3 is 0 Å². The Hall–Kier alpha value is -0.930. The fourth-order valence-electron chi connectivity index (χ4n) is 3.29. The monoisotopic (exact) mass is 281 g/mol. The lowest BCUT2D eigenvalue weighted by atomic mass is 9.63. The fraction of sp³-hybridized carbons (Fsp3) is 0.600. The van der Waals surface area contributed by atoms with Crippen LogP contribution in [0.1, 0.15) is 37.3 Å². The minimum atomic E-state index is 0.0538. The van der Waals surface area contributed by atoms with Crippen LogP contribution in [0.5, 0.6) is 11.5 Å². The molecule has 0 atom stereocenters. The van der Waals surface area contributed by atoms with Crippen molar-refractivity contribution in [2.75, 3.05) is 19.8 Å². The Balaban J connectivity index is 2.18. The molecule has 1 aromatic rings. The van der Waals surface area contributed by atoms with Gasteiger partial charge in [-0.15, -0.1) is 0 Å². The Morgan fingerprint density at radius 2 is 2.05 bits per heavy atom. The number of ether oxygens (including phenoxy) is 2. The van der Waals surface area contributed by atoms with Crippen molar-refractivity contribution in [3.8, 4) is 11.5 Å². The molecule has 1 aliphatic carbocycles. The summed E-state index contributed by atoms with van der Waals surface area (Å²) in [4.78, 5) is 0. The Kier molecular flexibility index (Phi) is 3.35. The number of hydrogen-bond donors (Lipinski definition) is 1. The first-order valence-electron chi connectivity index (χ1n) is 7.03. The zero-order valence-electron chi connectivity index (χ0n) is 11.3. The Bertz CT molecular complexity index is 492. The average Bonchev–Trinajstić information content (AvgIpc) is 2.38. The molecule has 104 valence electrons. The average molecular weight is 282 g/mol. The highest BCUT2D eigenvalue weighted by Gasteiger charge is 2.41. The highest BCUT2D eigenvalue weighted by molar-refractivity contribution is 6.32. The van der Waals surface area contributed by atoms with E-state index in [0.29, 0.717) is 19.8 Å². The molecule has 0 spiro atoms. The molecular weight excluding hydrogens is 262 g/mol. The fourth-order valence-corrected chi connectivity index (χ4v) is 3.70. The van der Waals surface area contributed by atoms with E-state index in [1.165, 1.54) is 17.5 Å². The Labute approximate surface area is 119 Å². The molecule has 2 aliphatic rings. The Morgan fingerprint density at radius 3 is 2.63 bits per heavy atom. The van der Waals surface area contributed by atoms with Gasteiger partial charge in [-0.2, -0.15) is 0 Å². The van der Waals surface area contributed by atoms with Gasteiger partial charge in [-0.3, -0.25) is 0 Å². The van der Waals surface area contributed by atoms with Crippen LogP contribution in [0.25, 0.3) is 0 Å². The number of nitrogens with two attached hydrogens (primary N) is 1. The van der Waals surface area contributed by atoms with Crippen molar-refractivity contribution in [3.63, 3.8) is 0 Å². The zero-order valence-corrected chi connectivity index (χ0v) is 12.1. The van der Waals surface area contributed by atoms with Crippen molar-refractivity contribution in [1.29, 1.82) is 0 Å². The van der Waals surface area contributed by atoms with Crippen LogP contribution in [0.3, 0.4) is 0 Å². The highest BCUT2D eigenvalue weighted by Crippen LogP contribution is 2.51. The molecule has 3 rings (SSSR count). The van der Waals surface area contributed by atoms with Gasteiger partial charge in [-0.05, 0) is 24.8 Å². The van der Waals surface area contributed by atoms with E-state index in [2.05, 4.69) is 6.92 Å². The van der Waals surface area contributed by atoms with Crippen molar-refractivity contribution in [1.82, 2.24) is 0 Å². The molecule has 1 fully saturated rings. The van der Waals surface area contributed by atoms with Crippen LogP contribution in [-0.2, 0) is 11.8 Å². The zero-order chi connectivity index (χ0) is 13.5. The van der Waals surface area contributed by atoms with Crippen LogP contribution in [0.4, 0.5) is 0 Å². The topological polar surface area (TPSA) is 44.5 Å². The lowest BCUT2D eigenvalue weighted by molar-refractivity contribution is 0.168. The quantitative estimate of drug-likeness (QED) is 0.926. The first kappa shape index (κ1) is 13.1. The first-order valence-corrected chi connectivity index (χ1v) is 7.41. The molecule has 0 bridgehead atoms. The molecule has 1 aliphatic heterocycles. The van der Waals surface area contributed by atoms with Crippen molar-refractivity contribution in [2.24, 2.45) is 5.73 Å². The van der Waals surface area contributed by atoms with E-state index in [9.17, 15) is 0 Å². The number of fused-ring (bicyclic) bond motifs is 1. The normalized spacial score (nSPS) is 19.9. The molecule has 19 heavy (non-hydrogen) atoms. The summed E-state index contributed by atoms with van der Waals surface area (Å²) in [6, 6.07) is 1.90. The summed E-state index contributed by atoms with van der Waals surface area (Å²) >= 11 is 6.53. The summed E-state index contributed by atoms with van der Waals surface area (Å²) in [5.74, 6) is 1.66. The summed E-state index contributed by atoms with van der Waals surface area (Å²) in [6.45, 7) is 3.99. The van der Waals surface area contributed by atoms with Crippen molar-refractivity contribution >= 4 is 11.6 Å². The number of halogens is 1. The molecule has 0 saturated heterocycles. The molecule has 1 heterocycles. The second-order valence-electron chi connectivity index (χ2n) is 5.43. The maximum absolute atomic E-state index is 6.53. The molecule has 4 heteroatoms. The van der Waals surface area contributed by atoms with Crippen molar-refractivity contribution < 1.29 is 9.47 Å². The summed E-state index contributed by atoms with van der Waals surface area (Å²) in [5, 5.41) is 0.784. The van der Waals surface area contributed by atoms with Crippen LogP contribution in [-0.4, -0.2) is 19.8 Å². The molecule has 2 N–H and O–H groups in total. The third-order valence-corrected chi connectivity index (χ3v) is 4.77. The smallest absolute Gasteiger partial charge is 0.164 e. The minimum Gasteiger partial charge on any atom is -0.486 e. The second-order valence-corrected chi connectivity index (χ2v) is 5.83. The van der Waals surface area contributed by atoms with Gasteiger partial charge < -0.3 is 15.2 Å². The van der Waals surface area contributed by atoms with Gasteiger partial charge in [0.05, 0.1) is 0 Å². The van der Waals surface area contributed by atoms with E-state index < -0.39 is 0 Å². The van der Waals surface area contributed by atoms with Crippen molar-refractivity contribution in [3.05, 3.63) is 22.2 Å². The molecule has 0 radical (unpaired) electrons. The van der Waals surface area contributed by atoms with E-state index in [4.69, 9.17) is 26.8 Å². The first-order chi connectivity index (χ1) is 9.22. The highest BCUT2D eigenvalue weighted by atomic mass is 35.5. The molecule has 1 aromatic carbocycles. The number of benzene rings is 1. The summed E-state index contributed by atoms with van der Waals surface area (Å²) in [7, 11) is 0. The molecule has 0 aromatic heterocycles. The lowest BCUT2D eigenvalue weighted by Crippen LogP contribution is -2.42. The second kappa shape index (κ2) is 4.88. The summed E-state index contributed by atoms with van der Waals surface area (Å²) in [6.07, 6.45) is 4.36. The SMILES string of the molecule is CCc1c2c(cc(Cl)c1C1(CN)CCC1)OCCO2. The van der Waals surface area contributed by atoms with Gasteiger partial charge in [0.1, 0.15) is 13.2 Å². The van der Waals surface area contributed by atoms with Crippen LogP contribution < -0.4 is 15.2 Å². The predicted octanol–water partition coefficient (Wildman–Crippen LogP) is 3.05. The van der Waals surface area contributed by atoms with E-state index in [0.717, 1.165) is 35.8 Å². The van der Waals surface area contributed by atoms with Gasteiger partial charge in [0.25, 0.3) is 0 Å². The maximum atomic E-state index is 6.53. The molecule has 3 nitrogen and oxygen atoms in total. The summed E-state index contributed by atoms with van der Waals surface area (Å²) in [5.41, 5.74) is 8.48. The van der Waals surface area contributed by atoms with Crippen LogP contribution in [0.15, 0.2) is 6.07 Å². The van der Waals surface area contributed by atoms with E-state index in [-0.39, 0.29) is 5.41 Å². The third kappa shape index (κ3) is 1.91. The van der Waals surface area contributed by atoms with Gasteiger partial charge in [0.15, 0.2) is 11.5 Å². The Morgan fingerprint density at radius 1 is 1.32 bits per heavy atom. The van der Waals surface area contributed by atoms with Gasteiger partial charge in [-0.25, -0.2) is 0 Å². The van der Waals surface area contributed by atoms with Crippen LogP contribution in [0.2, 0.25) is 5.02 Å². The molecule has 0 amide bonds. The van der Waals surface area contributed by atoms with E-state index >= 15 is 0 Å². The molecule has 0 unspecified atom stereocenters. The summed E-state index contributed by atoms with van der Waals surface area (Å²) < 4.78 is 11.5. The van der Waals surface area contributed by atoms with Crippen LogP contribution in [0, 0.1) is 0 Å². The number of rotatable bonds is 3.